The number of nitrogens with one attached hydrogen (secondary N) is 2. The number of rotatable bonds is 5. The molecular formula is C28H31N9. The number of aromatic amines is 2. The van der Waals surface area contributed by atoms with Crippen molar-refractivity contribution >= 4 is 27.8 Å². The van der Waals surface area contributed by atoms with Crippen molar-refractivity contribution in [1.29, 1.82) is 0 Å². The maximum absolute atomic E-state index is 4.85. The molecule has 188 valence electrons. The average Bonchev–Trinajstić information content (AvgIpc) is 3.68. The zero-order valence-corrected chi connectivity index (χ0v) is 21.1. The molecule has 37 heavy (non-hydrogen) atoms. The Bertz CT molecular complexity index is 1550. The van der Waals surface area contributed by atoms with Crippen LogP contribution in [0.3, 0.4) is 0 Å². The second-order valence-electron chi connectivity index (χ2n) is 10.3. The molecule has 9 heteroatoms. The van der Waals surface area contributed by atoms with E-state index >= 15 is 0 Å². The van der Waals surface area contributed by atoms with Gasteiger partial charge in [0.2, 0.25) is 0 Å². The Morgan fingerprint density at radius 3 is 2.65 bits per heavy atom. The van der Waals surface area contributed by atoms with Gasteiger partial charge in [-0.2, -0.15) is 5.10 Å². The molecule has 0 aliphatic carbocycles. The van der Waals surface area contributed by atoms with Crippen LogP contribution >= 0.6 is 0 Å². The van der Waals surface area contributed by atoms with Crippen LogP contribution in [-0.4, -0.2) is 86.2 Å². The third kappa shape index (κ3) is 4.24. The fourth-order valence-electron chi connectivity index (χ4n) is 5.63. The van der Waals surface area contributed by atoms with Crippen molar-refractivity contribution in [2.45, 2.75) is 19.4 Å². The molecule has 2 fully saturated rings. The smallest absolute Gasteiger partial charge is 0.180 e. The Kier molecular flexibility index (Phi) is 5.59. The fourth-order valence-corrected chi connectivity index (χ4v) is 5.63. The molecule has 1 aromatic carbocycles. The molecule has 5 aromatic rings. The average molecular weight is 494 g/mol. The molecule has 0 atom stereocenters. The molecule has 0 amide bonds. The highest BCUT2D eigenvalue weighted by Crippen LogP contribution is 2.32. The molecule has 0 unspecified atom stereocenters. The number of likely N-dealkylation sites (N-methyl/N-ethyl adjacent to an activating group) is 1. The molecule has 0 spiro atoms. The van der Waals surface area contributed by atoms with Crippen molar-refractivity contribution in [1.82, 2.24) is 39.9 Å². The molecule has 9 nitrogen and oxygen atoms in total. The van der Waals surface area contributed by atoms with E-state index < -0.39 is 0 Å². The lowest BCUT2D eigenvalue weighted by molar-refractivity contribution is 0.313. The summed E-state index contributed by atoms with van der Waals surface area (Å²) in [7, 11) is 2.17. The molecule has 2 saturated heterocycles. The van der Waals surface area contributed by atoms with Crippen molar-refractivity contribution in [3.05, 3.63) is 54.5 Å². The van der Waals surface area contributed by atoms with E-state index in [4.69, 9.17) is 4.98 Å². The number of hydrogen-bond donors (Lipinski definition) is 2. The van der Waals surface area contributed by atoms with Crippen molar-refractivity contribution < 1.29 is 0 Å². The van der Waals surface area contributed by atoms with E-state index in [9.17, 15) is 0 Å². The molecule has 0 saturated carbocycles. The topological polar surface area (TPSA) is 92.9 Å². The van der Waals surface area contributed by atoms with Crippen LogP contribution in [0.2, 0.25) is 0 Å². The quantitative estimate of drug-likeness (QED) is 0.383. The van der Waals surface area contributed by atoms with Crippen molar-refractivity contribution in [2.75, 3.05) is 51.2 Å². The van der Waals surface area contributed by atoms with Gasteiger partial charge in [0.15, 0.2) is 11.5 Å². The van der Waals surface area contributed by atoms with Crippen LogP contribution in [0.1, 0.15) is 18.4 Å². The second-order valence-corrected chi connectivity index (χ2v) is 10.3. The predicted molar refractivity (Wildman–Crippen MR) is 146 cm³/mol. The second kappa shape index (κ2) is 9.24. The summed E-state index contributed by atoms with van der Waals surface area (Å²) in [6.07, 6.45) is 8.37. The number of aromatic nitrogens is 6. The maximum atomic E-state index is 4.85. The summed E-state index contributed by atoms with van der Waals surface area (Å²) in [5, 5.41) is 8.86. The summed E-state index contributed by atoms with van der Waals surface area (Å²) in [5.74, 6) is 0.730. The summed E-state index contributed by atoms with van der Waals surface area (Å²) in [4.78, 5) is 24.8. The minimum Gasteiger partial charge on any atom is -0.367 e. The van der Waals surface area contributed by atoms with Gasteiger partial charge in [-0.25, -0.2) is 9.97 Å². The summed E-state index contributed by atoms with van der Waals surface area (Å²) < 4.78 is 0. The SMILES string of the molecule is CN1CCN(c2ccnc3nc(-c4n[nH]c5ccc(-c6cncc(CN7CCCC7)c6)cc45)[nH]c23)CC1. The number of hydrogen-bond acceptors (Lipinski definition) is 7. The van der Waals surface area contributed by atoms with Gasteiger partial charge >= 0.3 is 0 Å². The van der Waals surface area contributed by atoms with E-state index in [1.54, 1.807) is 0 Å². The van der Waals surface area contributed by atoms with Gasteiger partial charge in [0.05, 0.1) is 11.2 Å². The van der Waals surface area contributed by atoms with Crippen molar-refractivity contribution in [3.63, 3.8) is 0 Å². The van der Waals surface area contributed by atoms with E-state index in [2.05, 4.69) is 77.2 Å². The Balaban J connectivity index is 1.24. The minimum absolute atomic E-state index is 0.720. The van der Waals surface area contributed by atoms with E-state index in [-0.39, 0.29) is 0 Å². The number of likely N-dealkylation sites (tertiary alicyclic amines) is 1. The number of imidazole rings is 1. The van der Waals surface area contributed by atoms with E-state index in [0.29, 0.717) is 0 Å². The van der Waals surface area contributed by atoms with Gasteiger partial charge in [-0.3, -0.25) is 15.0 Å². The van der Waals surface area contributed by atoms with E-state index in [0.717, 1.165) is 83.1 Å². The zero-order chi connectivity index (χ0) is 24.8. The highest BCUT2D eigenvalue weighted by atomic mass is 15.3. The first-order valence-electron chi connectivity index (χ1n) is 13.1. The number of benzene rings is 1. The molecule has 4 aromatic heterocycles. The van der Waals surface area contributed by atoms with Crippen molar-refractivity contribution in [3.8, 4) is 22.6 Å². The number of H-pyrrole nitrogens is 2. The third-order valence-corrected chi connectivity index (χ3v) is 7.73. The van der Waals surface area contributed by atoms with Crippen LogP contribution in [-0.2, 0) is 6.54 Å². The highest BCUT2D eigenvalue weighted by Gasteiger charge is 2.20. The van der Waals surface area contributed by atoms with Gasteiger partial charge in [-0.15, -0.1) is 0 Å². The largest absolute Gasteiger partial charge is 0.367 e. The number of piperazine rings is 1. The van der Waals surface area contributed by atoms with Crippen LogP contribution in [0, 0.1) is 0 Å². The summed E-state index contributed by atoms with van der Waals surface area (Å²) in [6.45, 7) is 7.39. The number of nitrogens with zero attached hydrogens (tertiary/aromatic N) is 7. The van der Waals surface area contributed by atoms with Crippen LogP contribution in [0.15, 0.2) is 48.9 Å². The Morgan fingerprint density at radius 1 is 0.919 bits per heavy atom. The standard InChI is InChI=1S/C28H31N9/c1-35-10-12-37(13-11-35)24-6-7-30-27-26(24)31-28(32-27)25-22-15-20(4-5-23(22)33-34-25)21-14-19(16-29-17-21)18-36-8-2-3-9-36/h4-7,14-17H,2-3,8-13,18H2,1H3,(H,33,34)(H,30,31,32). The van der Waals surface area contributed by atoms with Gasteiger partial charge in [-0.1, -0.05) is 6.07 Å². The normalized spacial score (nSPS) is 17.4. The van der Waals surface area contributed by atoms with Crippen LogP contribution in [0.4, 0.5) is 5.69 Å². The number of pyridine rings is 2. The molecule has 2 N–H and O–H groups in total. The number of anilines is 1. The van der Waals surface area contributed by atoms with Crippen LogP contribution in [0.25, 0.3) is 44.7 Å². The van der Waals surface area contributed by atoms with E-state index in [1.807, 2.05) is 18.6 Å². The lowest BCUT2D eigenvalue weighted by atomic mass is 10.0. The predicted octanol–water partition coefficient (Wildman–Crippen LogP) is 3.91. The highest BCUT2D eigenvalue weighted by molar-refractivity contribution is 5.96. The van der Waals surface area contributed by atoms with Crippen LogP contribution in [0.5, 0.6) is 0 Å². The van der Waals surface area contributed by atoms with E-state index in [1.165, 1.54) is 31.5 Å². The molecule has 7 rings (SSSR count). The first kappa shape index (κ1) is 22.4. The molecule has 0 bridgehead atoms. The molecule has 2 aliphatic heterocycles. The van der Waals surface area contributed by atoms with Gasteiger partial charge in [0, 0.05) is 62.3 Å². The summed E-state index contributed by atoms with van der Waals surface area (Å²) in [6, 6.07) is 10.8. The first-order chi connectivity index (χ1) is 18.2. The summed E-state index contributed by atoms with van der Waals surface area (Å²) in [5.41, 5.74) is 8.12. The zero-order valence-electron chi connectivity index (χ0n) is 21.1. The number of fused-ring (bicyclic) bond motifs is 2. The van der Waals surface area contributed by atoms with Gasteiger partial charge < -0.3 is 14.8 Å². The Labute approximate surface area is 215 Å². The van der Waals surface area contributed by atoms with Gasteiger partial charge in [0.1, 0.15) is 11.2 Å². The Hall–Kier alpha value is -3.82. The summed E-state index contributed by atoms with van der Waals surface area (Å²) >= 11 is 0. The molecule has 6 heterocycles. The maximum Gasteiger partial charge on any atom is 0.180 e. The minimum atomic E-state index is 0.720. The third-order valence-electron chi connectivity index (χ3n) is 7.73. The molecule has 0 radical (unpaired) electrons. The lowest BCUT2D eigenvalue weighted by Crippen LogP contribution is -2.44. The molecule has 2 aliphatic rings. The Morgan fingerprint density at radius 2 is 1.78 bits per heavy atom. The molecular weight excluding hydrogens is 462 g/mol. The van der Waals surface area contributed by atoms with Crippen molar-refractivity contribution in [2.24, 2.45) is 0 Å². The fraction of sp³-hybridized carbons (Fsp3) is 0.357. The van der Waals surface area contributed by atoms with Crippen LogP contribution < -0.4 is 4.90 Å². The lowest BCUT2D eigenvalue weighted by Gasteiger charge is -2.34. The monoisotopic (exact) mass is 493 g/mol. The van der Waals surface area contributed by atoms with Gasteiger partial charge in [-0.05, 0) is 68.4 Å². The van der Waals surface area contributed by atoms with Gasteiger partial charge in [0.25, 0.3) is 0 Å². The first-order valence-corrected chi connectivity index (χ1v) is 13.1.